The van der Waals surface area contributed by atoms with E-state index in [-0.39, 0.29) is 11.6 Å². The average Bonchev–Trinajstić information content (AvgIpc) is 2.42. The molecule has 5 nitrogen and oxygen atoms in total. The van der Waals surface area contributed by atoms with Gasteiger partial charge in [-0.25, -0.2) is 4.79 Å². The van der Waals surface area contributed by atoms with Crippen LogP contribution in [0.1, 0.15) is 24.8 Å². The summed E-state index contributed by atoms with van der Waals surface area (Å²) in [5, 5.41) is 2.94. The van der Waals surface area contributed by atoms with Crippen molar-refractivity contribution in [3.05, 3.63) is 29.8 Å². The van der Waals surface area contributed by atoms with Crippen molar-refractivity contribution in [3.8, 4) is 0 Å². The highest BCUT2D eigenvalue weighted by atomic mass is 16.2. The van der Waals surface area contributed by atoms with Crippen LogP contribution in [0.2, 0.25) is 0 Å². The van der Waals surface area contributed by atoms with Gasteiger partial charge in [0.15, 0.2) is 0 Å². The third-order valence-corrected chi connectivity index (χ3v) is 4.53. The van der Waals surface area contributed by atoms with Gasteiger partial charge in [0.05, 0.1) is 0 Å². The molecule has 1 aromatic carbocycles. The van der Waals surface area contributed by atoms with Crippen LogP contribution in [0.4, 0.5) is 10.5 Å². The van der Waals surface area contributed by atoms with E-state index in [2.05, 4.69) is 24.3 Å². The predicted octanol–water partition coefficient (Wildman–Crippen LogP) is 2.09. The first-order valence-electron chi connectivity index (χ1n) is 7.45. The second-order valence-corrected chi connectivity index (χ2v) is 6.16. The van der Waals surface area contributed by atoms with Gasteiger partial charge < -0.3 is 20.9 Å². The van der Waals surface area contributed by atoms with E-state index in [1.54, 1.807) is 4.90 Å². The molecule has 21 heavy (non-hydrogen) atoms. The standard InChI is InChI=1S/C16H26N4O/c1-19(2)16(8-5-9-16)12-20(3)15(21)18-14-7-4-6-13(10-14)11-17/h4,6-7,10H,5,8-9,11-12,17H2,1-3H3,(H,18,21). The monoisotopic (exact) mass is 290 g/mol. The molecule has 0 unspecified atom stereocenters. The van der Waals surface area contributed by atoms with Gasteiger partial charge in [-0.2, -0.15) is 0 Å². The smallest absolute Gasteiger partial charge is 0.321 e. The summed E-state index contributed by atoms with van der Waals surface area (Å²) < 4.78 is 0. The van der Waals surface area contributed by atoms with E-state index in [0.717, 1.165) is 30.6 Å². The highest BCUT2D eigenvalue weighted by Crippen LogP contribution is 2.36. The number of nitrogens with one attached hydrogen (secondary N) is 1. The van der Waals surface area contributed by atoms with Crippen LogP contribution in [0.25, 0.3) is 0 Å². The van der Waals surface area contributed by atoms with Crippen LogP contribution < -0.4 is 11.1 Å². The minimum absolute atomic E-state index is 0.0719. The van der Waals surface area contributed by atoms with Crippen LogP contribution in [0.3, 0.4) is 0 Å². The summed E-state index contributed by atoms with van der Waals surface area (Å²) >= 11 is 0. The van der Waals surface area contributed by atoms with Crippen LogP contribution in [-0.2, 0) is 6.54 Å². The Morgan fingerprint density at radius 1 is 1.33 bits per heavy atom. The van der Waals surface area contributed by atoms with Gasteiger partial charge in [0.25, 0.3) is 0 Å². The predicted molar refractivity (Wildman–Crippen MR) is 86.3 cm³/mol. The number of benzene rings is 1. The van der Waals surface area contributed by atoms with E-state index in [4.69, 9.17) is 5.73 Å². The van der Waals surface area contributed by atoms with Crippen LogP contribution >= 0.6 is 0 Å². The molecule has 0 radical (unpaired) electrons. The third kappa shape index (κ3) is 3.54. The molecule has 0 heterocycles. The molecule has 2 rings (SSSR count). The van der Waals surface area contributed by atoms with Crippen molar-refractivity contribution in [2.75, 3.05) is 33.0 Å². The van der Waals surface area contributed by atoms with Gasteiger partial charge in [0, 0.05) is 31.4 Å². The number of carbonyl (C=O) groups excluding carboxylic acids is 1. The lowest BCUT2D eigenvalue weighted by Crippen LogP contribution is -2.57. The van der Waals surface area contributed by atoms with E-state index in [1.807, 2.05) is 31.3 Å². The van der Waals surface area contributed by atoms with Crippen LogP contribution in [-0.4, -0.2) is 49.1 Å². The number of anilines is 1. The molecule has 5 heteroatoms. The Bertz CT molecular complexity index is 497. The molecule has 1 saturated carbocycles. The summed E-state index contributed by atoms with van der Waals surface area (Å²) in [6.45, 7) is 1.23. The maximum atomic E-state index is 12.3. The quantitative estimate of drug-likeness (QED) is 0.873. The van der Waals surface area contributed by atoms with Gasteiger partial charge >= 0.3 is 6.03 Å². The SMILES string of the molecule is CN(CC1(N(C)C)CCC1)C(=O)Nc1cccc(CN)c1. The largest absolute Gasteiger partial charge is 0.326 e. The fraction of sp³-hybridized carbons (Fsp3) is 0.562. The lowest BCUT2D eigenvalue weighted by Gasteiger charge is -2.49. The number of rotatable bonds is 5. The number of amides is 2. The lowest BCUT2D eigenvalue weighted by molar-refractivity contribution is 0.0379. The van der Waals surface area contributed by atoms with Crippen molar-refractivity contribution in [2.45, 2.75) is 31.3 Å². The maximum absolute atomic E-state index is 12.3. The number of hydrogen-bond donors (Lipinski definition) is 2. The molecule has 1 aliphatic rings. The van der Waals surface area contributed by atoms with Crippen LogP contribution in [0, 0.1) is 0 Å². The molecule has 116 valence electrons. The number of nitrogens with two attached hydrogens (primary N) is 1. The minimum atomic E-state index is -0.0719. The fourth-order valence-corrected chi connectivity index (χ4v) is 2.84. The maximum Gasteiger partial charge on any atom is 0.321 e. The minimum Gasteiger partial charge on any atom is -0.326 e. The molecule has 0 aliphatic heterocycles. The van der Waals surface area contributed by atoms with Gasteiger partial charge in [-0.05, 0) is 51.1 Å². The molecule has 1 fully saturated rings. The zero-order chi connectivity index (χ0) is 15.5. The molecular weight excluding hydrogens is 264 g/mol. The normalized spacial score (nSPS) is 16.4. The second kappa shape index (κ2) is 6.45. The Balaban J connectivity index is 1.96. The van der Waals surface area contributed by atoms with Gasteiger partial charge in [0.1, 0.15) is 0 Å². The zero-order valence-electron chi connectivity index (χ0n) is 13.2. The van der Waals surface area contributed by atoms with Crippen molar-refractivity contribution in [2.24, 2.45) is 5.73 Å². The molecule has 2 amide bonds. The molecule has 0 atom stereocenters. The lowest BCUT2D eigenvalue weighted by atomic mass is 9.75. The molecular formula is C16H26N4O. The van der Waals surface area contributed by atoms with Crippen molar-refractivity contribution in [1.29, 1.82) is 0 Å². The first-order chi connectivity index (χ1) is 9.97. The van der Waals surface area contributed by atoms with Crippen molar-refractivity contribution in [3.63, 3.8) is 0 Å². The van der Waals surface area contributed by atoms with E-state index in [9.17, 15) is 4.79 Å². The summed E-state index contributed by atoms with van der Waals surface area (Å²) in [6.07, 6.45) is 3.55. The molecule has 1 aliphatic carbocycles. The number of likely N-dealkylation sites (N-methyl/N-ethyl adjacent to an activating group) is 2. The van der Waals surface area contributed by atoms with Crippen molar-refractivity contribution in [1.82, 2.24) is 9.80 Å². The van der Waals surface area contributed by atoms with Gasteiger partial charge in [-0.1, -0.05) is 12.1 Å². The molecule has 0 spiro atoms. The van der Waals surface area contributed by atoms with E-state index in [1.165, 1.54) is 6.42 Å². The Labute approximate surface area is 127 Å². The van der Waals surface area contributed by atoms with E-state index >= 15 is 0 Å². The molecule has 3 N–H and O–H groups in total. The van der Waals surface area contributed by atoms with Gasteiger partial charge in [0.2, 0.25) is 0 Å². The highest BCUT2D eigenvalue weighted by molar-refractivity contribution is 5.89. The summed E-state index contributed by atoms with van der Waals surface area (Å²) in [5.74, 6) is 0. The van der Waals surface area contributed by atoms with Gasteiger partial charge in [-0.15, -0.1) is 0 Å². The summed E-state index contributed by atoms with van der Waals surface area (Å²) in [4.78, 5) is 16.3. The van der Waals surface area contributed by atoms with Crippen molar-refractivity contribution < 1.29 is 4.79 Å². The van der Waals surface area contributed by atoms with Gasteiger partial charge in [-0.3, -0.25) is 0 Å². The number of hydrogen-bond acceptors (Lipinski definition) is 3. The first-order valence-corrected chi connectivity index (χ1v) is 7.45. The third-order valence-electron chi connectivity index (χ3n) is 4.53. The molecule has 1 aromatic rings. The first kappa shape index (κ1) is 15.8. The van der Waals surface area contributed by atoms with Crippen molar-refractivity contribution >= 4 is 11.7 Å². The Hall–Kier alpha value is -1.59. The summed E-state index contributed by atoms with van der Waals surface area (Å²) in [6, 6.07) is 7.59. The Morgan fingerprint density at radius 3 is 2.57 bits per heavy atom. The molecule has 0 saturated heterocycles. The van der Waals surface area contributed by atoms with Crippen LogP contribution in [0.15, 0.2) is 24.3 Å². The number of urea groups is 1. The summed E-state index contributed by atoms with van der Waals surface area (Å²) in [5.41, 5.74) is 7.57. The second-order valence-electron chi connectivity index (χ2n) is 6.16. The molecule has 0 bridgehead atoms. The number of carbonyl (C=O) groups is 1. The van der Waals surface area contributed by atoms with Crippen LogP contribution in [0.5, 0.6) is 0 Å². The topological polar surface area (TPSA) is 61.6 Å². The Morgan fingerprint density at radius 2 is 2.05 bits per heavy atom. The zero-order valence-corrected chi connectivity index (χ0v) is 13.2. The average molecular weight is 290 g/mol. The van der Waals surface area contributed by atoms with E-state index in [0.29, 0.717) is 6.54 Å². The fourth-order valence-electron chi connectivity index (χ4n) is 2.84. The summed E-state index contributed by atoms with van der Waals surface area (Å²) in [7, 11) is 6.04. The molecule has 0 aromatic heterocycles. The van der Waals surface area contributed by atoms with E-state index < -0.39 is 0 Å². The highest BCUT2D eigenvalue weighted by Gasteiger charge is 2.40. The Kier molecular flexibility index (Phi) is 4.85. The number of nitrogens with zero attached hydrogens (tertiary/aromatic N) is 2.